The van der Waals surface area contributed by atoms with E-state index in [0.717, 1.165) is 25.1 Å². The molecule has 0 aromatic heterocycles. The van der Waals surface area contributed by atoms with Gasteiger partial charge in [0.25, 0.3) is 5.91 Å². The second kappa shape index (κ2) is 8.03. The van der Waals surface area contributed by atoms with Crippen molar-refractivity contribution >= 4 is 11.6 Å². The minimum absolute atomic E-state index is 0.0393. The first-order valence-corrected chi connectivity index (χ1v) is 7.60. The number of benzene rings is 1. The molecule has 0 saturated carbocycles. The predicted octanol–water partition coefficient (Wildman–Crippen LogP) is 2.67. The summed E-state index contributed by atoms with van der Waals surface area (Å²) >= 11 is 0. The molecule has 1 aromatic carbocycles. The lowest BCUT2D eigenvalue weighted by Crippen LogP contribution is -2.26. The van der Waals surface area contributed by atoms with E-state index in [1.807, 2.05) is 45.2 Å². The van der Waals surface area contributed by atoms with Gasteiger partial charge < -0.3 is 15.3 Å². The summed E-state index contributed by atoms with van der Waals surface area (Å²) < 4.78 is 0. The van der Waals surface area contributed by atoms with Gasteiger partial charge in [-0.05, 0) is 49.4 Å². The van der Waals surface area contributed by atoms with Crippen LogP contribution in [-0.4, -0.2) is 37.8 Å². The Morgan fingerprint density at radius 2 is 1.90 bits per heavy atom. The van der Waals surface area contributed by atoms with Crippen molar-refractivity contribution in [3.05, 3.63) is 29.8 Å². The van der Waals surface area contributed by atoms with Gasteiger partial charge in [-0.15, -0.1) is 0 Å². The molecular formula is C17H28N2O2. The maximum atomic E-state index is 12.0. The largest absolute Gasteiger partial charge is 0.396 e. The van der Waals surface area contributed by atoms with Gasteiger partial charge in [0, 0.05) is 38.0 Å². The van der Waals surface area contributed by atoms with Gasteiger partial charge in [0.15, 0.2) is 0 Å². The lowest BCUT2D eigenvalue weighted by Gasteiger charge is -2.21. The molecule has 0 saturated heterocycles. The molecule has 0 aliphatic heterocycles. The summed E-state index contributed by atoms with van der Waals surface area (Å²) in [5.74, 6) is -0.0393. The van der Waals surface area contributed by atoms with Crippen molar-refractivity contribution in [2.45, 2.75) is 33.6 Å². The van der Waals surface area contributed by atoms with Crippen molar-refractivity contribution in [2.24, 2.45) is 5.41 Å². The third kappa shape index (κ3) is 5.76. The molecule has 0 fully saturated rings. The topological polar surface area (TPSA) is 52.6 Å². The highest BCUT2D eigenvalue weighted by molar-refractivity contribution is 5.94. The second-order valence-corrected chi connectivity index (χ2v) is 6.24. The number of carbonyl (C=O) groups excluding carboxylic acids is 1. The SMILES string of the molecule is CCN(C)c1ccc(C(=O)NCCCC(C)(C)CO)cc1. The summed E-state index contributed by atoms with van der Waals surface area (Å²) in [4.78, 5) is 14.1. The standard InChI is InChI=1S/C17H28N2O2/c1-5-19(4)15-9-7-14(8-10-15)16(21)18-12-6-11-17(2,3)13-20/h7-10,20H,5-6,11-13H2,1-4H3,(H,18,21). The van der Waals surface area contributed by atoms with Crippen LogP contribution in [0.4, 0.5) is 5.69 Å². The third-order valence-electron chi connectivity index (χ3n) is 3.79. The highest BCUT2D eigenvalue weighted by Crippen LogP contribution is 2.20. The summed E-state index contributed by atoms with van der Waals surface area (Å²) in [5, 5.41) is 12.1. The fourth-order valence-electron chi connectivity index (χ4n) is 2.00. The number of aliphatic hydroxyl groups is 1. The number of amides is 1. The number of nitrogens with zero attached hydrogens (tertiary/aromatic N) is 1. The van der Waals surface area contributed by atoms with E-state index in [1.165, 1.54) is 0 Å². The molecule has 0 heterocycles. The molecule has 0 bridgehead atoms. The van der Waals surface area contributed by atoms with Crippen molar-refractivity contribution in [1.29, 1.82) is 0 Å². The lowest BCUT2D eigenvalue weighted by atomic mass is 9.89. The minimum Gasteiger partial charge on any atom is -0.396 e. The van der Waals surface area contributed by atoms with E-state index in [4.69, 9.17) is 0 Å². The maximum Gasteiger partial charge on any atom is 0.251 e. The number of anilines is 1. The molecule has 0 atom stereocenters. The molecule has 118 valence electrons. The van der Waals surface area contributed by atoms with E-state index in [-0.39, 0.29) is 17.9 Å². The van der Waals surface area contributed by atoms with E-state index >= 15 is 0 Å². The Labute approximate surface area is 128 Å². The Bertz CT molecular complexity index is 441. The van der Waals surface area contributed by atoms with Crippen LogP contribution < -0.4 is 10.2 Å². The van der Waals surface area contributed by atoms with E-state index in [1.54, 1.807) is 0 Å². The van der Waals surface area contributed by atoms with Gasteiger partial charge in [0.05, 0.1) is 0 Å². The fraction of sp³-hybridized carbons (Fsp3) is 0.588. The molecule has 0 aliphatic rings. The van der Waals surface area contributed by atoms with Crippen LogP contribution in [0, 0.1) is 5.41 Å². The normalized spacial score (nSPS) is 11.3. The van der Waals surface area contributed by atoms with Gasteiger partial charge in [0.2, 0.25) is 0 Å². The quantitative estimate of drug-likeness (QED) is 0.724. The van der Waals surface area contributed by atoms with E-state index in [0.29, 0.717) is 12.1 Å². The van der Waals surface area contributed by atoms with Gasteiger partial charge in [-0.2, -0.15) is 0 Å². The van der Waals surface area contributed by atoms with E-state index < -0.39 is 0 Å². The Hall–Kier alpha value is -1.55. The molecule has 21 heavy (non-hydrogen) atoms. The van der Waals surface area contributed by atoms with Crippen LogP contribution in [0.25, 0.3) is 0 Å². The molecule has 0 aliphatic carbocycles. The van der Waals surface area contributed by atoms with E-state index in [9.17, 15) is 9.90 Å². The molecule has 1 amide bonds. The van der Waals surface area contributed by atoms with Crippen LogP contribution in [-0.2, 0) is 0 Å². The predicted molar refractivity (Wildman–Crippen MR) is 87.8 cm³/mol. The smallest absolute Gasteiger partial charge is 0.251 e. The zero-order valence-electron chi connectivity index (χ0n) is 13.6. The van der Waals surface area contributed by atoms with Gasteiger partial charge in [-0.25, -0.2) is 0 Å². The number of hydrogen-bond donors (Lipinski definition) is 2. The monoisotopic (exact) mass is 292 g/mol. The Morgan fingerprint density at radius 1 is 1.29 bits per heavy atom. The van der Waals surface area contributed by atoms with Crippen LogP contribution in [0.2, 0.25) is 0 Å². The molecule has 1 aromatic rings. The summed E-state index contributed by atoms with van der Waals surface area (Å²) in [7, 11) is 2.03. The highest BCUT2D eigenvalue weighted by atomic mass is 16.3. The average Bonchev–Trinajstić information content (AvgIpc) is 2.50. The van der Waals surface area contributed by atoms with Crippen LogP contribution >= 0.6 is 0 Å². The summed E-state index contributed by atoms with van der Waals surface area (Å²) in [6.07, 6.45) is 1.76. The molecule has 0 radical (unpaired) electrons. The maximum absolute atomic E-state index is 12.0. The second-order valence-electron chi connectivity index (χ2n) is 6.24. The Morgan fingerprint density at radius 3 is 2.43 bits per heavy atom. The lowest BCUT2D eigenvalue weighted by molar-refractivity contribution is 0.0948. The van der Waals surface area contributed by atoms with Crippen LogP contribution in [0.1, 0.15) is 44.0 Å². The summed E-state index contributed by atoms with van der Waals surface area (Å²) in [5.41, 5.74) is 1.72. The molecule has 4 nitrogen and oxygen atoms in total. The fourth-order valence-corrected chi connectivity index (χ4v) is 2.00. The van der Waals surface area contributed by atoms with Crippen molar-refractivity contribution in [2.75, 3.05) is 31.6 Å². The molecule has 1 rings (SSSR count). The summed E-state index contributed by atoms with van der Waals surface area (Å²) in [6.45, 7) is 7.89. The first-order valence-electron chi connectivity index (χ1n) is 7.60. The van der Waals surface area contributed by atoms with Crippen molar-refractivity contribution in [3.8, 4) is 0 Å². The average molecular weight is 292 g/mol. The van der Waals surface area contributed by atoms with Gasteiger partial charge >= 0.3 is 0 Å². The zero-order valence-corrected chi connectivity index (χ0v) is 13.6. The van der Waals surface area contributed by atoms with Gasteiger partial charge in [0.1, 0.15) is 0 Å². The third-order valence-corrected chi connectivity index (χ3v) is 3.79. The van der Waals surface area contributed by atoms with Gasteiger partial charge in [-0.1, -0.05) is 13.8 Å². The van der Waals surface area contributed by atoms with Crippen molar-refractivity contribution in [3.63, 3.8) is 0 Å². The van der Waals surface area contributed by atoms with Crippen LogP contribution in [0.5, 0.6) is 0 Å². The molecule has 0 unspecified atom stereocenters. The first kappa shape index (κ1) is 17.5. The summed E-state index contributed by atoms with van der Waals surface area (Å²) in [6, 6.07) is 7.64. The molecule has 4 heteroatoms. The van der Waals surface area contributed by atoms with Crippen LogP contribution in [0.3, 0.4) is 0 Å². The first-order chi connectivity index (χ1) is 9.89. The molecular weight excluding hydrogens is 264 g/mol. The molecule has 0 spiro atoms. The van der Waals surface area contributed by atoms with Crippen molar-refractivity contribution in [1.82, 2.24) is 5.32 Å². The zero-order chi connectivity index (χ0) is 15.9. The van der Waals surface area contributed by atoms with Gasteiger partial charge in [-0.3, -0.25) is 4.79 Å². The molecule has 2 N–H and O–H groups in total. The Kier molecular flexibility index (Phi) is 6.69. The number of hydrogen-bond acceptors (Lipinski definition) is 3. The minimum atomic E-state index is -0.0723. The van der Waals surface area contributed by atoms with Crippen molar-refractivity contribution < 1.29 is 9.90 Å². The highest BCUT2D eigenvalue weighted by Gasteiger charge is 2.15. The number of nitrogens with one attached hydrogen (secondary N) is 1. The van der Waals surface area contributed by atoms with Crippen LogP contribution in [0.15, 0.2) is 24.3 Å². The van der Waals surface area contributed by atoms with E-state index in [2.05, 4.69) is 17.1 Å². The number of aliphatic hydroxyl groups excluding tert-OH is 1. The number of rotatable bonds is 8. The Balaban J connectivity index is 2.42. The number of carbonyl (C=O) groups is 1.